The lowest BCUT2D eigenvalue weighted by Gasteiger charge is -2.13. The van der Waals surface area contributed by atoms with Crippen LogP contribution in [-0.4, -0.2) is 4.98 Å². The van der Waals surface area contributed by atoms with Crippen LogP contribution in [0.4, 0.5) is 0 Å². The third kappa shape index (κ3) is 3.04. The van der Waals surface area contributed by atoms with Crippen molar-refractivity contribution in [3.63, 3.8) is 0 Å². The van der Waals surface area contributed by atoms with Gasteiger partial charge in [0, 0.05) is 26.6 Å². The summed E-state index contributed by atoms with van der Waals surface area (Å²) in [6.45, 7) is -2.33. The van der Waals surface area contributed by atoms with Crippen molar-refractivity contribution in [1.29, 1.82) is 0 Å². The highest BCUT2D eigenvalue weighted by Crippen LogP contribution is 2.39. The highest BCUT2D eigenvalue weighted by Gasteiger charge is 2.15. The molecule has 0 saturated carbocycles. The Morgan fingerprint density at radius 2 is 1.18 bits per heavy atom. The zero-order valence-electron chi connectivity index (χ0n) is 23.4. The number of benzene rings is 6. The van der Waals surface area contributed by atoms with Crippen LogP contribution in [0.15, 0.2) is 126 Å². The summed E-state index contributed by atoms with van der Waals surface area (Å²) in [5, 5.41) is 8.97. The number of para-hydroxylation sites is 2. The van der Waals surface area contributed by atoms with Gasteiger partial charge in [0.2, 0.25) is 0 Å². The molecule has 2 heterocycles. The van der Waals surface area contributed by atoms with Crippen molar-refractivity contribution in [2.75, 3.05) is 0 Å². The van der Waals surface area contributed by atoms with Crippen LogP contribution in [-0.2, 0) is 0 Å². The van der Waals surface area contributed by atoms with Crippen LogP contribution >= 0.6 is 0 Å². The zero-order chi connectivity index (χ0) is 27.7. The standard InChI is InChI=1S/C36H23NO/c1-22-21-37-34(31-15-8-14-30-29-13-6-7-16-35(29)38-36(30)31)20-32(22)23-17-18-28-26-11-3-2-9-24(26)25-10-4-5-12-27(25)33(28)19-23/h2-21H,1H3/i1D3. The molecule has 0 saturated heterocycles. The van der Waals surface area contributed by atoms with Crippen LogP contribution in [0.1, 0.15) is 9.68 Å². The molecule has 0 amide bonds. The fourth-order valence-electron chi connectivity index (χ4n) is 5.87. The molecular weight excluding hydrogens is 462 g/mol. The largest absolute Gasteiger partial charge is 0.455 e. The molecule has 0 fully saturated rings. The van der Waals surface area contributed by atoms with Crippen LogP contribution in [0.25, 0.3) is 76.6 Å². The zero-order valence-corrected chi connectivity index (χ0v) is 20.4. The molecule has 0 atom stereocenters. The van der Waals surface area contributed by atoms with Crippen molar-refractivity contribution >= 4 is 54.3 Å². The number of pyridine rings is 1. The smallest absolute Gasteiger partial charge is 0.144 e. The third-order valence-corrected chi connectivity index (χ3v) is 7.64. The van der Waals surface area contributed by atoms with E-state index in [1.807, 2.05) is 54.6 Å². The Bertz CT molecular complexity index is 2280. The number of furan rings is 1. The predicted octanol–water partition coefficient (Wildman–Crippen LogP) is 10.1. The molecule has 2 heteroatoms. The molecule has 2 aromatic heterocycles. The summed E-state index contributed by atoms with van der Waals surface area (Å²) in [7, 11) is 0. The fourth-order valence-corrected chi connectivity index (χ4v) is 5.87. The maximum atomic E-state index is 8.32. The molecule has 38 heavy (non-hydrogen) atoms. The van der Waals surface area contributed by atoms with E-state index in [9.17, 15) is 0 Å². The monoisotopic (exact) mass is 488 g/mol. The van der Waals surface area contributed by atoms with Gasteiger partial charge in [0.05, 0.1) is 5.69 Å². The Hall–Kier alpha value is -4.95. The van der Waals surface area contributed by atoms with Gasteiger partial charge in [-0.15, -0.1) is 0 Å². The van der Waals surface area contributed by atoms with Crippen molar-refractivity contribution < 1.29 is 8.53 Å². The Morgan fingerprint density at radius 1 is 0.553 bits per heavy atom. The van der Waals surface area contributed by atoms with Gasteiger partial charge in [-0.05, 0) is 80.1 Å². The second-order valence-electron chi connectivity index (χ2n) is 9.75. The second-order valence-corrected chi connectivity index (χ2v) is 9.75. The van der Waals surface area contributed by atoms with Crippen LogP contribution < -0.4 is 0 Å². The Morgan fingerprint density at radius 3 is 1.92 bits per heavy atom. The van der Waals surface area contributed by atoms with Crippen molar-refractivity contribution in [3.05, 3.63) is 127 Å². The summed E-state index contributed by atoms with van der Waals surface area (Å²) in [5.74, 6) is 0. The van der Waals surface area contributed by atoms with E-state index in [1.54, 1.807) is 0 Å². The highest BCUT2D eigenvalue weighted by atomic mass is 16.3. The summed E-state index contributed by atoms with van der Waals surface area (Å²) in [5.41, 5.74) is 4.75. The molecule has 6 aromatic carbocycles. The number of fused-ring (bicyclic) bond motifs is 9. The lowest BCUT2D eigenvalue weighted by atomic mass is 9.91. The maximum absolute atomic E-state index is 8.32. The first kappa shape index (κ1) is 18.3. The SMILES string of the molecule is [2H]C([2H])([2H])c1cnc(-c2cccc3c2oc2ccccc23)cc1-c1ccc2c3ccccc3c3ccccc3c2c1. The van der Waals surface area contributed by atoms with E-state index >= 15 is 0 Å². The van der Waals surface area contributed by atoms with E-state index in [0.29, 0.717) is 11.3 Å². The molecule has 0 bridgehead atoms. The second kappa shape index (κ2) is 8.03. The molecule has 0 aliphatic rings. The number of nitrogens with zero attached hydrogens (tertiary/aromatic N) is 1. The lowest BCUT2D eigenvalue weighted by molar-refractivity contribution is 0.670. The van der Waals surface area contributed by atoms with Gasteiger partial charge < -0.3 is 4.42 Å². The predicted molar refractivity (Wildman–Crippen MR) is 160 cm³/mol. The maximum Gasteiger partial charge on any atom is 0.144 e. The van der Waals surface area contributed by atoms with E-state index in [-0.39, 0.29) is 5.56 Å². The highest BCUT2D eigenvalue weighted by molar-refractivity contribution is 6.25. The molecule has 8 aromatic rings. The average Bonchev–Trinajstić information content (AvgIpc) is 3.39. The summed E-state index contributed by atoms with van der Waals surface area (Å²) in [6, 6.07) is 39.0. The molecule has 2 nitrogen and oxygen atoms in total. The number of hydrogen-bond donors (Lipinski definition) is 0. The number of aromatic nitrogens is 1. The Balaban J connectivity index is 1.41. The summed E-state index contributed by atoms with van der Waals surface area (Å²) in [4.78, 5) is 4.66. The molecule has 0 aliphatic heterocycles. The summed E-state index contributed by atoms with van der Waals surface area (Å²) in [6.07, 6.45) is 1.50. The number of aryl methyl sites for hydroxylation is 1. The minimum absolute atomic E-state index is 0.225. The topological polar surface area (TPSA) is 26.0 Å². The molecule has 0 unspecified atom stereocenters. The van der Waals surface area contributed by atoms with Crippen LogP contribution in [0.2, 0.25) is 0 Å². The van der Waals surface area contributed by atoms with Gasteiger partial charge in [-0.25, -0.2) is 0 Å². The molecule has 178 valence electrons. The van der Waals surface area contributed by atoms with Crippen LogP contribution in [0.5, 0.6) is 0 Å². The molecule has 0 spiro atoms. The molecule has 0 aliphatic carbocycles. The number of hydrogen-bond acceptors (Lipinski definition) is 2. The molecule has 0 N–H and O–H groups in total. The lowest BCUT2D eigenvalue weighted by Crippen LogP contribution is -1.91. The Kier molecular flexibility index (Phi) is 3.87. The van der Waals surface area contributed by atoms with E-state index in [1.165, 1.54) is 22.4 Å². The van der Waals surface area contributed by atoms with Gasteiger partial charge >= 0.3 is 0 Å². The van der Waals surface area contributed by atoms with Crippen molar-refractivity contribution in [2.45, 2.75) is 6.85 Å². The van der Waals surface area contributed by atoms with Gasteiger partial charge in [-0.3, -0.25) is 4.98 Å². The van der Waals surface area contributed by atoms with E-state index in [4.69, 9.17) is 8.53 Å². The Labute approximate surface area is 224 Å². The van der Waals surface area contributed by atoms with E-state index < -0.39 is 6.85 Å². The van der Waals surface area contributed by atoms with Gasteiger partial charge in [0.15, 0.2) is 0 Å². The van der Waals surface area contributed by atoms with Gasteiger partial charge in [0.1, 0.15) is 11.2 Å². The first-order chi connectivity index (χ1) is 20.0. The summed E-state index contributed by atoms with van der Waals surface area (Å²) >= 11 is 0. The first-order valence-corrected chi connectivity index (χ1v) is 12.7. The minimum Gasteiger partial charge on any atom is -0.455 e. The molecule has 0 radical (unpaired) electrons. The van der Waals surface area contributed by atoms with Crippen molar-refractivity contribution in [2.24, 2.45) is 0 Å². The fraction of sp³-hybridized carbons (Fsp3) is 0.0278. The van der Waals surface area contributed by atoms with E-state index in [2.05, 4.69) is 65.6 Å². The van der Waals surface area contributed by atoms with Gasteiger partial charge in [0.25, 0.3) is 0 Å². The van der Waals surface area contributed by atoms with E-state index in [0.717, 1.165) is 49.2 Å². The van der Waals surface area contributed by atoms with Crippen molar-refractivity contribution in [1.82, 2.24) is 4.98 Å². The van der Waals surface area contributed by atoms with Crippen LogP contribution in [0.3, 0.4) is 0 Å². The third-order valence-electron chi connectivity index (χ3n) is 7.64. The first-order valence-electron chi connectivity index (χ1n) is 14.2. The molecular formula is C36H23NO. The average molecular weight is 489 g/mol. The number of rotatable bonds is 2. The normalized spacial score (nSPS) is 13.3. The van der Waals surface area contributed by atoms with Gasteiger partial charge in [-0.2, -0.15) is 0 Å². The quantitative estimate of drug-likeness (QED) is 0.226. The van der Waals surface area contributed by atoms with Crippen molar-refractivity contribution in [3.8, 4) is 22.4 Å². The minimum atomic E-state index is -2.33. The molecule has 8 rings (SSSR count). The van der Waals surface area contributed by atoms with Crippen LogP contribution in [0, 0.1) is 6.85 Å². The van der Waals surface area contributed by atoms with Gasteiger partial charge in [-0.1, -0.05) is 91.0 Å². The summed E-state index contributed by atoms with van der Waals surface area (Å²) < 4.78 is 31.2.